The molecule has 0 radical (unpaired) electrons. The van der Waals surface area contributed by atoms with Crippen molar-refractivity contribution in [3.05, 3.63) is 59.4 Å². The molecule has 20 heavy (non-hydrogen) atoms. The van der Waals surface area contributed by atoms with Crippen LogP contribution in [-0.2, 0) is 13.1 Å². The van der Waals surface area contributed by atoms with Crippen LogP contribution in [0.25, 0.3) is 0 Å². The first-order valence-electron chi connectivity index (χ1n) is 6.94. The van der Waals surface area contributed by atoms with Crippen LogP contribution < -0.4 is 5.32 Å². The van der Waals surface area contributed by atoms with Gasteiger partial charge in [0, 0.05) is 42.7 Å². The van der Waals surface area contributed by atoms with E-state index in [1.54, 1.807) is 0 Å². The van der Waals surface area contributed by atoms with Gasteiger partial charge in [-0.05, 0) is 31.5 Å². The van der Waals surface area contributed by atoms with Gasteiger partial charge in [-0.3, -0.25) is 0 Å². The Labute approximate surface area is 118 Å². The summed E-state index contributed by atoms with van der Waals surface area (Å²) in [6.07, 6.45) is 3.12. The van der Waals surface area contributed by atoms with Gasteiger partial charge in [-0.25, -0.2) is 8.78 Å². The second-order valence-electron chi connectivity index (χ2n) is 4.96. The van der Waals surface area contributed by atoms with Crippen LogP contribution in [-0.4, -0.2) is 4.57 Å². The second-order valence-corrected chi connectivity index (χ2v) is 4.96. The van der Waals surface area contributed by atoms with Crippen molar-refractivity contribution in [2.24, 2.45) is 0 Å². The fourth-order valence-corrected chi connectivity index (χ4v) is 2.29. The third kappa shape index (κ3) is 3.45. The number of halogens is 2. The fraction of sp³-hybridized carbons (Fsp3) is 0.375. The summed E-state index contributed by atoms with van der Waals surface area (Å²) < 4.78 is 28.8. The van der Waals surface area contributed by atoms with E-state index >= 15 is 0 Å². The summed E-state index contributed by atoms with van der Waals surface area (Å²) in [5, 5.41) is 3.28. The van der Waals surface area contributed by atoms with E-state index in [-0.39, 0.29) is 6.04 Å². The zero-order chi connectivity index (χ0) is 14.5. The van der Waals surface area contributed by atoms with Gasteiger partial charge < -0.3 is 9.88 Å². The molecule has 4 heteroatoms. The predicted octanol–water partition coefficient (Wildman–Crippen LogP) is 4.03. The summed E-state index contributed by atoms with van der Waals surface area (Å²) in [6, 6.07) is 7.60. The summed E-state index contributed by atoms with van der Waals surface area (Å²) in [5.41, 5.74) is 1.65. The number of nitrogens with zero attached hydrogens (tertiary/aromatic N) is 1. The molecule has 2 aromatic rings. The van der Waals surface area contributed by atoms with Crippen LogP contribution in [0.1, 0.15) is 37.6 Å². The van der Waals surface area contributed by atoms with Crippen molar-refractivity contribution in [1.29, 1.82) is 0 Å². The first kappa shape index (κ1) is 14.7. The summed E-state index contributed by atoms with van der Waals surface area (Å²) in [6.45, 7) is 5.64. The monoisotopic (exact) mass is 278 g/mol. The lowest BCUT2D eigenvalue weighted by molar-refractivity contribution is 0.505. The van der Waals surface area contributed by atoms with E-state index in [4.69, 9.17) is 0 Å². The van der Waals surface area contributed by atoms with Crippen LogP contribution in [0.2, 0.25) is 0 Å². The number of benzene rings is 1. The molecule has 0 aliphatic heterocycles. The van der Waals surface area contributed by atoms with Gasteiger partial charge >= 0.3 is 0 Å². The van der Waals surface area contributed by atoms with Gasteiger partial charge in [0.15, 0.2) is 0 Å². The molecule has 1 N–H and O–H groups in total. The van der Waals surface area contributed by atoms with Crippen LogP contribution >= 0.6 is 0 Å². The van der Waals surface area contributed by atoms with Crippen LogP contribution in [0, 0.1) is 11.6 Å². The Kier molecular flexibility index (Phi) is 4.90. The highest BCUT2D eigenvalue weighted by molar-refractivity contribution is 5.21. The molecule has 1 heterocycles. The van der Waals surface area contributed by atoms with Crippen LogP contribution in [0.3, 0.4) is 0 Å². The lowest BCUT2D eigenvalue weighted by Gasteiger charge is -2.16. The van der Waals surface area contributed by atoms with Gasteiger partial charge in [-0.2, -0.15) is 0 Å². The van der Waals surface area contributed by atoms with Crippen molar-refractivity contribution in [3.63, 3.8) is 0 Å². The molecule has 0 aliphatic carbocycles. The van der Waals surface area contributed by atoms with Crippen LogP contribution in [0.5, 0.6) is 0 Å². The Hall–Kier alpha value is -1.68. The minimum absolute atomic E-state index is 0.166. The Morgan fingerprint density at radius 2 is 2.05 bits per heavy atom. The molecule has 0 bridgehead atoms. The SMILES string of the molecule is CCCn1cccc1CNC(C)c1ccc(F)cc1F. The van der Waals surface area contributed by atoms with E-state index in [2.05, 4.69) is 22.9 Å². The number of aryl methyl sites for hydroxylation is 1. The third-order valence-corrected chi connectivity index (χ3v) is 3.41. The van der Waals surface area contributed by atoms with Crippen molar-refractivity contribution in [1.82, 2.24) is 9.88 Å². The van der Waals surface area contributed by atoms with Crippen LogP contribution in [0.4, 0.5) is 8.78 Å². The quantitative estimate of drug-likeness (QED) is 0.844. The van der Waals surface area contributed by atoms with E-state index in [9.17, 15) is 8.78 Å². The Morgan fingerprint density at radius 1 is 1.25 bits per heavy atom. The summed E-state index contributed by atoms with van der Waals surface area (Å²) in [4.78, 5) is 0. The highest BCUT2D eigenvalue weighted by Crippen LogP contribution is 2.18. The molecule has 0 saturated heterocycles. The van der Waals surface area contributed by atoms with Crippen LogP contribution in [0.15, 0.2) is 36.5 Å². The van der Waals surface area contributed by atoms with E-state index in [0.717, 1.165) is 19.0 Å². The van der Waals surface area contributed by atoms with Crippen molar-refractivity contribution >= 4 is 0 Å². The Morgan fingerprint density at radius 3 is 2.75 bits per heavy atom. The van der Waals surface area contributed by atoms with E-state index in [1.807, 2.05) is 19.2 Å². The number of nitrogens with one attached hydrogen (secondary N) is 1. The molecule has 108 valence electrons. The van der Waals surface area contributed by atoms with Crippen molar-refractivity contribution in [2.75, 3.05) is 0 Å². The van der Waals surface area contributed by atoms with E-state index in [0.29, 0.717) is 12.1 Å². The Balaban J connectivity index is 2.01. The fourth-order valence-electron chi connectivity index (χ4n) is 2.29. The highest BCUT2D eigenvalue weighted by Gasteiger charge is 2.11. The first-order valence-corrected chi connectivity index (χ1v) is 6.94. The van der Waals surface area contributed by atoms with E-state index in [1.165, 1.54) is 17.8 Å². The zero-order valence-corrected chi connectivity index (χ0v) is 11.9. The van der Waals surface area contributed by atoms with Gasteiger partial charge in [-0.15, -0.1) is 0 Å². The van der Waals surface area contributed by atoms with Gasteiger partial charge in [0.25, 0.3) is 0 Å². The maximum atomic E-state index is 13.7. The Bertz CT molecular complexity index is 563. The molecule has 0 aliphatic rings. The molecule has 0 amide bonds. The molecule has 1 atom stereocenters. The smallest absolute Gasteiger partial charge is 0.130 e. The summed E-state index contributed by atoms with van der Waals surface area (Å²) in [5.74, 6) is -1.05. The standard InChI is InChI=1S/C16H20F2N2/c1-3-8-20-9-4-5-14(20)11-19-12(2)15-7-6-13(17)10-16(15)18/h4-7,9-10,12,19H,3,8,11H2,1-2H3. The van der Waals surface area contributed by atoms with Gasteiger partial charge in [-0.1, -0.05) is 13.0 Å². The largest absolute Gasteiger partial charge is 0.350 e. The molecular weight excluding hydrogens is 258 g/mol. The lowest BCUT2D eigenvalue weighted by atomic mass is 10.1. The molecule has 0 fully saturated rings. The molecule has 1 unspecified atom stereocenters. The van der Waals surface area contributed by atoms with Gasteiger partial charge in [0.2, 0.25) is 0 Å². The number of hydrogen-bond acceptors (Lipinski definition) is 1. The highest BCUT2D eigenvalue weighted by atomic mass is 19.1. The average molecular weight is 278 g/mol. The maximum Gasteiger partial charge on any atom is 0.130 e. The summed E-state index contributed by atoms with van der Waals surface area (Å²) in [7, 11) is 0. The first-order chi connectivity index (χ1) is 9.61. The minimum Gasteiger partial charge on any atom is -0.350 e. The maximum absolute atomic E-state index is 13.7. The van der Waals surface area contributed by atoms with E-state index < -0.39 is 11.6 Å². The topological polar surface area (TPSA) is 17.0 Å². The predicted molar refractivity (Wildman–Crippen MR) is 76.3 cm³/mol. The average Bonchev–Trinajstić information content (AvgIpc) is 2.84. The number of hydrogen-bond donors (Lipinski definition) is 1. The molecule has 0 spiro atoms. The number of rotatable bonds is 6. The number of aromatic nitrogens is 1. The molecule has 2 nitrogen and oxygen atoms in total. The summed E-state index contributed by atoms with van der Waals surface area (Å²) >= 11 is 0. The second kappa shape index (κ2) is 6.66. The molecule has 0 saturated carbocycles. The van der Waals surface area contributed by atoms with Crippen molar-refractivity contribution in [2.45, 2.75) is 39.4 Å². The molecule has 1 aromatic carbocycles. The molecule has 2 rings (SSSR count). The minimum atomic E-state index is -0.546. The lowest BCUT2D eigenvalue weighted by Crippen LogP contribution is -2.21. The molecular formula is C16H20F2N2. The van der Waals surface area contributed by atoms with Gasteiger partial charge in [0.05, 0.1) is 0 Å². The van der Waals surface area contributed by atoms with Crippen molar-refractivity contribution < 1.29 is 8.78 Å². The normalized spacial score (nSPS) is 12.6. The van der Waals surface area contributed by atoms with Crippen molar-refractivity contribution in [3.8, 4) is 0 Å². The zero-order valence-electron chi connectivity index (χ0n) is 11.9. The molecule has 1 aromatic heterocycles. The van der Waals surface area contributed by atoms with Gasteiger partial charge in [0.1, 0.15) is 11.6 Å². The third-order valence-electron chi connectivity index (χ3n) is 3.41.